The number of aryl methyl sites for hydroxylation is 2. The first kappa shape index (κ1) is 17.4. The van der Waals surface area contributed by atoms with Crippen LogP contribution in [0.25, 0.3) is 0 Å². The number of hydrogen-bond acceptors (Lipinski definition) is 3. The Bertz CT molecular complexity index is 853. The molecule has 0 spiro atoms. The standard InChI is InChI=1S/C20H24N2O3/c1-13(2)6-8-22-9-7-14(3)18(20(22)24)19(23)21-17-5-4-15-11-25-12-16(15)10-17/h4-5,7,9-10,13H,6,8,11-12H2,1-3H3,(H,21,23). The molecule has 3 rings (SSSR count). The first-order valence-electron chi connectivity index (χ1n) is 8.66. The van der Waals surface area contributed by atoms with Crippen LogP contribution in [0, 0.1) is 12.8 Å². The highest BCUT2D eigenvalue weighted by atomic mass is 16.5. The molecular formula is C20H24N2O3. The van der Waals surface area contributed by atoms with Crippen LogP contribution < -0.4 is 10.9 Å². The van der Waals surface area contributed by atoms with Gasteiger partial charge >= 0.3 is 0 Å². The summed E-state index contributed by atoms with van der Waals surface area (Å²) in [6.07, 6.45) is 2.67. The molecule has 0 atom stereocenters. The number of rotatable bonds is 5. The zero-order chi connectivity index (χ0) is 18.0. The van der Waals surface area contributed by atoms with E-state index in [0.29, 0.717) is 36.9 Å². The van der Waals surface area contributed by atoms with Gasteiger partial charge in [0.1, 0.15) is 5.56 Å². The van der Waals surface area contributed by atoms with Crippen molar-refractivity contribution in [2.75, 3.05) is 5.32 Å². The number of carbonyl (C=O) groups is 1. The van der Waals surface area contributed by atoms with Crippen LogP contribution in [-0.2, 0) is 24.5 Å². The summed E-state index contributed by atoms with van der Waals surface area (Å²) in [5.74, 6) is 0.138. The highest BCUT2D eigenvalue weighted by Gasteiger charge is 2.17. The molecule has 0 saturated carbocycles. The quantitative estimate of drug-likeness (QED) is 0.906. The smallest absolute Gasteiger partial charge is 0.263 e. The van der Waals surface area contributed by atoms with Crippen LogP contribution in [0.1, 0.15) is 47.3 Å². The van der Waals surface area contributed by atoms with E-state index in [1.54, 1.807) is 17.7 Å². The van der Waals surface area contributed by atoms with Gasteiger partial charge in [0.2, 0.25) is 0 Å². The molecule has 0 aliphatic carbocycles. The number of amides is 1. The van der Waals surface area contributed by atoms with E-state index in [4.69, 9.17) is 4.74 Å². The Morgan fingerprint density at radius 3 is 2.76 bits per heavy atom. The predicted molar refractivity (Wildman–Crippen MR) is 97.8 cm³/mol. The summed E-state index contributed by atoms with van der Waals surface area (Å²) in [5, 5.41) is 2.85. The van der Waals surface area contributed by atoms with Gasteiger partial charge < -0.3 is 14.6 Å². The van der Waals surface area contributed by atoms with Gasteiger partial charge in [0.25, 0.3) is 11.5 Å². The molecule has 0 radical (unpaired) electrons. The van der Waals surface area contributed by atoms with Gasteiger partial charge in [-0.2, -0.15) is 0 Å². The molecule has 0 bridgehead atoms. The second kappa shape index (κ2) is 7.23. The Balaban J connectivity index is 1.84. The van der Waals surface area contributed by atoms with E-state index in [-0.39, 0.29) is 17.0 Å². The number of benzene rings is 1. The maximum absolute atomic E-state index is 12.7. The maximum Gasteiger partial charge on any atom is 0.263 e. The van der Waals surface area contributed by atoms with Gasteiger partial charge in [0, 0.05) is 18.4 Å². The summed E-state index contributed by atoms with van der Waals surface area (Å²) in [5.41, 5.74) is 3.57. The topological polar surface area (TPSA) is 60.3 Å². The van der Waals surface area contributed by atoms with Crippen molar-refractivity contribution < 1.29 is 9.53 Å². The molecule has 132 valence electrons. The first-order valence-corrected chi connectivity index (χ1v) is 8.66. The molecule has 1 amide bonds. The van der Waals surface area contributed by atoms with Crippen molar-refractivity contribution in [1.82, 2.24) is 4.57 Å². The molecule has 1 N–H and O–H groups in total. The molecule has 5 nitrogen and oxygen atoms in total. The second-order valence-corrected chi connectivity index (χ2v) is 6.99. The lowest BCUT2D eigenvalue weighted by atomic mass is 10.1. The highest BCUT2D eigenvalue weighted by molar-refractivity contribution is 6.05. The Labute approximate surface area is 147 Å². The Morgan fingerprint density at radius 2 is 2.00 bits per heavy atom. The molecule has 1 aliphatic rings. The van der Waals surface area contributed by atoms with E-state index in [9.17, 15) is 9.59 Å². The predicted octanol–water partition coefficient (Wildman–Crippen LogP) is 3.49. The van der Waals surface area contributed by atoms with Crippen molar-refractivity contribution in [1.29, 1.82) is 0 Å². The number of fused-ring (bicyclic) bond motifs is 1. The Hall–Kier alpha value is -2.40. The van der Waals surface area contributed by atoms with Crippen LogP contribution in [0.5, 0.6) is 0 Å². The van der Waals surface area contributed by atoms with Crippen LogP contribution >= 0.6 is 0 Å². The molecule has 0 unspecified atom stereocenters. The van der Waals surface area contributed by atoms with Gasteiger partial charge in [-0.3, -0.25) is 9.59 Å². The van der Waals surface area contributed by atoms with Crippen LogP contribution in [-0.4, -0.2) is 10.5 Å². The third-order valence-electron chi connectivity index (χ3n) is 4.53. The summed E-state index contributed by atoms with van der Waals surface area (Å²) >= 11 is 0. The largest absolute Gasteiger partial charge is 0.372 e. The molecule has 2 heterocycles. The molecule has 0 fully saturated rings. The number of hydrogen-bond donors (Lipinski definition) is 1. The van der Waals surface area contributed by atoms with Crippen LogP contribution in [0.3, 0.4) is 0 Å². The van der Waals surface area contributed by atoms with Gasteiger partial charge in [0.15, 0.2) is 0 Å². The normalized spacial score (nSPS) is 13.1. The van der Waals surface area contributed by atoms with Crippen molar-refractivity contribution in [2.24, 2.45) is 5.92 Å². The SMILES string of the molecule is Cc1ccn(CCC(C)C)c(=O)c1C(=O)Nc1ccc2c(c1)COC2. The average molecular weight is 340 g/mol. The Morgan fingerprint density at radius 1 is 1.24 bits per heavy atom. The number of ether oxygens (including phenoxy) is 1. The van der Waals surface area contributed by atoms with E-state index < -0.39 is 0 Å². The lowest BCUT2D eigenvalue weighted by molar-refractivity contribution is 0.102. The van der Waals surface area contributed by atoms with Crippen molar-refractivity contribution >= 4 is 11.6 Å². The van der Waals surface area contributed by atoms with E-state index in [1.165, 1.54) is 0 Å². The fourth-order valence-corrected chi connectivity index (χ4v) is 2.96. The first-order chi connectivity index (χ1) is 12.0. The number of nitrogens with one attached hydrogen (secondary N) is 1. The Kier molecular flexibility index (Phi) is 5.04. The summed E-state index contributed by atoms with van der Waals surface area (Å²) in [4.78, 5) is 25.4. The molecule has 1 aromatic carbocycles. The lowest BCUT2D eigenvalue weighted by Gasteiger charge is -2.12. The molecule has 2 aromatic rings. The molecule has 25 heavy (non-hydrogen) atoms. The molecule has 5 heteroatoms. The number of anilines is 1. The van der Waals surface area contributed by atoms with Crippen LogP contribution in [0.4, 0.5) is 5.69 Å². The average Bonchev–Trinajstić information content (AvgIpc) is 3.01. The molecule has 0 saturated heterocycles. The summed E-state index contributed by atoms with van der Waals surface area (Å²) < 4.78 is 7.02. The van der Waals surface area contributed by atoms with Gasteiger partial charge in [-0.25, -0.2) is 0 Å². The fourth-order valence-electron chi connectivity index (χ4n) is 2.96. The summed E-state index contributed by atoms with van der Waals surface area (Å²) in [6, 6.07) is 7.54. The van der Waals surface area contributed by atoms with Gasteiger partial charge in [0.05, 0.1) is 13.2 Å². The number of nitrogens with zero attached hydrogens (tertiary/aromatic N) is 1. The highest BCUT2D eigenvalue weighted by Crippen LogP contribution is 2.23. The monoisotopic (exact) mass is 340 g/mol. The van der Waals surface area contributed by atoms with Gasteiger partial charge in [-0.15, -0.1) is 0 Å². The van der Waals surface area contributed by atoms with E-state index in [2.05, 4.69) is 19.2 Å². The van der Waals surface area contributed by atoms with Crippen LogP contribution in [0.2, 0.25) is 0 Å². The van der Waals surface area contributed by atoms with Gasteiger partial charge in [-0.05, 0) is 54.2 Å². The van der Waals surface area contributed by atoms with Crippen molar-refractivity contribution in [3.63, 3.8) is 0 Å². The van der Waals surface area contributed by atoms with Crippen molar-refractivity contribution in [2.45, 2.75) is 47.0 Å². The molecular weight excluding hydrogens is 316 g/mol. The van der Waals surface area contributed by atoms with Crippen molar-refractivity contribution in [3.05, 3.63) is 63.1 Å². The van der Waals surface area contributed by atoms with Gasteiger partial charge in [-0.1, -0.05) is 19.9 Å². The van der Waals surface area contributed by atoms with E-state index in [0.717, 1.165) is 17.5 Å². The number of aromatic nitrogens is 1. The summed E-state index contributed by atoms with van der Waals surface area (Å²) in [7, 11) is 0. The minimum absolute atomic E-state index is 0.211. The van der Waals surface area contributed by atoms with E-state index in [1.807, 2.05) is 24.3 Å². The van der Waals surface area contributed by atoms with Crippen molar-refractivity contribution in [3.8, 4) is 0 Å². The third kappa shape index (κ3) is 3.82. The molecule has 1 aromatic heterocycles. The van der Waals surface area contributed by atoms with E-state index >= 15 is 0 Å². The minimum Gasteiger partial charge on any atom is -0.372 e. The second-order valence-electron chi connectivity index (χ2n) is 6.99. The fraction of sp³-hybridized carbons (Fsp3) is 0.400. The zero-order valence-electron chi connectivity index (χ0n) is 15.0. The molecule has 1 aliphatic heterocycles. The number of carbonyl (C=O) groups excluding carboxylic acids is 1. The minimum atomic E-state index is -0.361. The number of pyridine rings is 1. The lowest BCUT2D eigenvalue weighted by Crippen LogP contribution is -2.30. The zero-order valence-corrected chi connectivity index (χ0v) is 15.0. The van der Waals surface area contributed by atoms with Crippen LogP contribution in [0.15, 0.2) is 35.3 Å². The maximum atomic E-state index is 12.7. The third-order valence-corrected chi connectivity index (χ3v) is 4.53. The summed E-state index contributed by atoms with van der Waals surface area (Å²) in [6.45, 7) is 7.81.